The predicted molar refractivity (Wildman–Crippen MR) is 128 cm³/mol. The zero-order valence-electron chi connectivity index (χ0n) is 18.4. The highest BCUT2D eigenvalue weighted by molar-refractivity contribution is 6.10. The lowest BCUT2D eigenvalue weighted by Crippen LogP contribution is -2.66. The van der Waals surface area contributed by atoms with Crippen LogP contribution in [0.5, 0.6) is 5.75 Å². The van der Waals surface area contributed by atoms with Crippen molar-refractivity contribution in [3.63, 3.8) is 0 Å². The van der Waals surface area contributed by atoms with E-state index in [1.165, 1.54) is 0 Å². The molecule has 1 amide bonds. The maximum atomic E-state index is 12.3. The zero-order chi connectivity index (χ0) is 21.8. The number of benzene rings is 2. The molecule has 0 radical (unpaired) electrons. The number of nitrogens with one attached hydrogen (secondary N) is 2. The molecule has 5 rings (SSSR count). The van der Waals surface area contributed by atoms with Gasteiger partial charge >= 0.3 is 0 Å². The lowest BCUT2D eigenvalue weighted by molar-refractivity contribution is -0.122. The molecule has 2 aromatic rings. The number of halogens is 1. The van der Waals surface area contributed by atoms with Crippen LogP contribution in [0.4, 0.5) is 11.4 Å². The Labute approximate surface area is 193 Å². The van der Waals surface area contributed by atoms with Crippen LogP contribution in [0.1, 0.15) is 19.4 Å². The standard InChI is InChI=1S/C23H27N5O3.ClH/c1-14-22(30)26-25-21-11-31-20-8-17(16-7-5-4-6-15(16)10-29)18(9-19(20)28(14)21)27(3)23(2)12-24-13-23;/h4-9,14,24,29H,10-13H2,1-3H3,(H,26,30);1H/t14-;/m1./s1. The first-order chi connectivity index (χ1) is 14.9. The van der Waals surface area contributed by atoms with Crippen LogP contribution in [0.3, 0.4) is 0 Å². The summed E-state index contributed by atoms with van der Waals surface area (Å²) in [6, 6.07) is 11.6. The first-order valence-electron chi connectivity index (χ1n) is 10.5. The van der Waals surface area contributed by atoms with Gasteiger partial charge in [0.15, 0.2) is 5.84 Å². The quantitative estimate of drug-likeness (QED) is 0.651. The highest BCUT2D eigenvalue weighted by atomic mass is 35.5. The fraction of sp³-hybridized carbons (Fsp3) is 0.391. The summed E-state index contributed by atoms with van der Waals surface area (Å²) in [5.41, 5.74) is 7.21. The first kappa shape index (κ1) is 22.4. The highest BCUT2D eigenvalue weighted by Gasteiger charge is 2.40. The topological polar surface area (TPSA) is 89.4 Å². The number of carbonyl (C=O) groups excluding carboxylic acids is 1. The van der Waals surface area contributed by atoms with Gasteiger partial charge in [0.2, 0.25) is 0 Å². The summed E-state index contributed by atoms with van der Waals surface area (Å²) in [7, 11) is 2.10. The predicted octanol–water partition coefficient (Wildman–Crippen LogP) is 2.10. The Morgan fingerprint density at radius 2 is 2.03 bits per heavy atom. The first-order valence-corrected chi connectivity index (χ1v) is 10.5. The Kier molecular flexibility index (Phi) is 5.79. The molecule has 0 aromatic heterocycles. The molecule has 3 aliphatic heterocycles. The van der Waals surface area contributed by atoms with Crippen molar-refractivity contribution >= 4 is 35.5 Å². The molecule has 1 saturated heterocycles. The molecule has 0 bridgehead atoms. The van der Waals surface area contributed by atoms with Crippen molar-refractivity contribution in [2.24, 2.45) is 5.10 Å². The van der Waals surface area contributed by atoms with E-state index in [0.717, 1.165) is 41.2 Å². The largest absolute Gasteiger partial charge is 0.483 e. The molecule has 8 nitrogen and oxygen atoms in total. The summed E-state index contributed by atoms with van der Waals surface area (Å²) < 4.78 is 6.06. The number of anilines is 2. The van der Waals surface area contributed by atoms with E-state index in [1.54, 1.807) is 0 Å². The van der Waals surface area contributed by atoms with Gasteiger partial charge in [-0.25, -0.2) is 5.43 Å². The fourth-order valence-electron chi connectivity index (χ4n) is 4.49. The second kappa shape index (κ2) is 8.27. The van der Waals surface area contributed by atoms with Gasteiger partial charge in [0, 0.05) is 31.4 Å². The molecule has 0 spiro atoms. The van der Waals surface area contributed by atoms with Gasteiger partial charge in [-0.15, -0.1) is 12.4 Å². The molecular weight excluding hydrogens is 430 g/mol. The van der Waals surface area contributed by atoms with Crippen molar-refractivity contribution in [2.45, 2.75) is 32.0 Å². The third-order valence-corrected chi connectivity index (χ3v) is 6.69. The second-order valence-corrected chi connectivity index (χ2v) is 8.65. The van der Waals surface area contributed by atoms with Crippen LogP contribution in [0, 0.1) is 0 Å². The Balaban J connectivity index is 0.00000245. The molecule has 0 unspecified atom stereocenters. The van der Waals surface area contributed by atoms with Crippen molar-refractivity contribution < 1.29 is 14.6 Å². The Morgan fingerprint density at radius 3 is 2.72 bits per heavy atom. The number of ether oxygens (including phenoxy) is 1. The van der Waals surface area contributed by atoms with Crippen LogP contribution in [-0.2, 0) is 11.4 Å². The van der Waals surface area contributed by atoms with Gasteiger partial charge in [0.25, 0.3) is 5.91 Å². The highest BCUT2D eigenvalue weighted by Crippen LogP contribution is 2.45. The fourth-order valence-corrected chi connectivity index (χ4v) is 4.49. The molecule has 3 heterocycles. The monoisotopic (exact) mass is 457 g/mol. The Hall–Kier alpha value is -2.81. The van der Waals surface area contributed by atoms with Gasteiger partial charge in [-0.1, -0.05) is 24.3 Å². The summed E-state index contributed by atoms with van der Waals surface area (Å²) in [5.74, 6) is 1.25. The van der Waals surface area contributed by atoms with Gasteiger partial charge in [-0.2, -0.15) is 5.10 Å². The van der Waals surface area contributed by atoms with Crippen molar-refractivity contribution in [1.82, 2.24) is 10.7 Å². The number of carbonyl (C=O) groups is 1. The SMILES string of the molecule is C[C@@H]1C(=O)NN=C2COc3cc(-c4ccccc4CO)c(N(C)C4(C)CNC4)cc3N21.Cl. The third-order valence-electron chi connectivity index (χ3n) is 6.69. The van der Waals surface area contributed by atoms with Crippen LogP contribution >= 0.6 is 12.4 Å². The number of hydrogen-bond acceptors (Lipinski definition) is 7. The van der Waals surface area contributed by atoms with Gasteiger partial charge in [0.05, 0.1) is 17.8 Å². The maximum absolute atomic E-state index is 12.3. The lowest BCUT2D eigenvalue weighted by Gasteiger charge is -2.49. The summed E-state index contributed by atoms with van der Waals surface area (Å²) in [6.07, 6.45) is 0. The molecule has 170 valence electrons. The summed E-state index contributed by atoms with van der Waals surface area (Å²) in [6.45, 7) is 6.10. The number of nitrogens with zero attached hydrogens (tertiary/aromatic N) is 3. The minimum Gasteiger partial charge on any atom is -0.483 e. The van der Waals surface area contributed by atoms with Crippen molar-refractivity contribution in [1.29, 1.82) is 0 Å². The molecule has 9 heteroatoms. The number of hydrazone groups is 1. The van der Waals surface area contributed by atoms with Crippen LogP contribution in [0.2, 0.25) is 0 Å². The Morgan fingerprint density at radius 1 is 1.28 bits per heavy atom. The zero-order valence-corrected chi connectivity index (χ0v) is 19.2. The number of amidine groups is 1. The number of likely N-dealkylation sites (N-methyl/N-ethyl adjacent to an activating group) is 1. The van der Waals surface area contributed by atoms with E-state index in [1.807, 2.05) is 42.2 Å². The third kappa shape index (κ3) is 3.39. The average Bonchev–Trinajstić information content (AvgIpc) is 2.78. The smallest absolute Gasteiger partial charge is 0.262 e. The molecule has 0 aliphatic carbocycles. The van der Waals surface area contributed by atoms with E-state index in [0.29, 0.717) is 11.6 Å². The van der Waals surface area contributed by atoms with Crippen LogP contribution in [0.25, 0.3) is 11.1 Å². The van der Waals surface area contributed by atoms with Crippen LogP contribution < -0.4 is 25.3 Å². The Bertz CT molecular complexity index is 1090. The lowest BCUT2D eigenvalue weighted by atomic mass is 9.90. The molecule has 0 saturated carbocycles. The van der Waals surface area contributed by atoms with E-state index in [2.05, 4.69) is 40.8 Å². The van der Waals surface area contributed by atoms with Gasteiger partial charge in [0.1, 0.15) is 18.4 Å². The van der Waals surface area contributed by atoms with E-state index in [4.69, 9.17) is 4.74 Å². The average molecular weight is 458 g/mol. The van der Waals surface area contributed by atoms with Crippen LogP contribution in [0.15, 0.2) is 41.5 Å². The molecule has 3 N–H and O–H groups in total. The summed E-state index contributed by atoms with van der Waals surface area (Å²) >= 11 is 0. The van der Waals surface area contributed by atoms with Gasteiger partial charge in [-0.3, -0.25) is 4.79 Å². The van der Waals surface area contributed by atoms with Gasteiger partial charge in [-0.05, 0) is 37.1 Å². The summed E-state index contributed by atoms with van der Waals surface area (Å²) in [5, 5.41) is 17.5. The molecule has 32 heavy (non-hydrogen) atoms. The number of aliphatic hydroxyl groups is 1. The molecule has 1 fully saturated rings. The van der Waals surface area contributed by atoms with E-state index in [-0.39, 0.29) is 43.1 Å². The minimum atomic E-state index is -0.384. The normalized spacial score (nSPS) is 20.5. The number of hydrogen-bond donors (Lipinski definition) is 3. The molecule has 1 atom stereocenters. The van der Waals surface area contributed by atoms with Crippen molar-refractivity contribution in [2.75, 3.05) is 36.5 Å². The van der Waals surface area contributed by atoms with Crippen molar-refractivity contribution in [3.8, 4) is 16.9 Å². The van der Waals surface area contributed by atoms with E-state index < -0.39 is 0 Å². The van der Waals surface area contributed by atoms with Gasteiger partial charge < -0.3 is 25.0 Å². The molecular formula is C23H28ClN5O3. The van der Waals surface area contributed by atoms with Crippen molar-refractivity contribution in [3.05, 3.63) is 42.0 Å². The number of fused-ring (bicyclic) bond motifs is 3. The minimum absolute atomic E-state index is 0. The van der Waals surface area contributed by atoms with E-state index >= 15 is 0 Å². The van der Waals surface area contributed by atoms with E-state index in [9.17, 15) is 9.90 Å². The summed E-state index contributed by atoms with van der Waals surface area (Å²) in [4.78, 5) is 16.6. The second-order valence-electron chi connectivity index (χ2n) is 8.65. The van der Waals surface area contributed by atoms with Crippen LogP contribution in [-0.4, -0.2) is 55.2 Å². The number of rotatable bonds is 4. The number of aliphatic hydroxyl groups excluding tert-OH is 1. The number of amides is 1. The molecule has 3 aliphatic rings. The molecule has 2 aromatic carbocycles. The maximum Gasteiger partial charge on any atom is 0.262 e.